The van der Waals surface area contributed by atoms with Crippen LogP contribution in [0.5, 0.6) is 0 Å². The predicted molar refractivity (Wildman–Crippen MR) is 93.5 cm³/mol. The number of hydrogen-bond donors (Lipinski definition) is 0. The fourth-order valence-electron chi connectivity index (χ4n) is 3.93. The number of nitrogens with zero attached hydrogens (tertiary/aromatic N) is 2. The summed E-state index contributed by atoms with van der Waals surface area (Å²) in [6.07, 6.45) is 8.08. The zero-order valence-corrected chi connectivity index (χ0v) is 15.1. The van der Waals surface area contributed by atoms with Crippen molar-refractivity contribution in [2.24, 2.45) is 0 Å². The maximum Gasteiger partial charge on any atom is 0.227 e. The van der Waals surface area contributed by atoms with E-state index in [1.807, 2.05) is 24.0 Å². The van der Waals surface area contributed by atoms with Gasteiger partial charge in [-0.2, -0.15) is 0 Å². The lowest BCUT2D eigenvalue weighted by Crippen LogP contribution is -2.49. The van der Waals surface area contributed by atoms with Gasteiger partial charge in [0.25, 0.3) is 0 Å². The normalized spacial score (nSPS) is 24.0. The van der Waals surface area contributed by atoms with Crippen molar-refractivity contribution in [1.82, 2.24) is 9.88 Å². The Hall–Kier alpha value is -1.43. The van der Waals surface area contributed by atoms with Gasteiger partial charge in [-0.25, -0.2) is 8.42 Å². The summed E-state index contributed by atoms with van der Waals surface area (Å²) in [6.45, 7) is 1.92. The van der Waals surface area contributed by atoms with Crippen LogP contribution in [0.15, 0.2) is 18.3 Å². The molecule has 1 saturated heterocycles. The number of pyridine rings is 1. The van der Waals surface area contributed by atoms with E-state index in [-0.39, 0.29) is 29.5 Å². The molecule has 1 aromatic rings. The lowest BCUT2D eigenvalue weighted by molar-refractivity contribution is -0.135. The van der Waals surface area contributed by atoms with Crippen molar-refractivity contribution < 1.29 is 13.2 Å². The van der Waals surface area contributed by atoms with Crippen LogP contribution in [0.3, 0.4) is 0 Å². The summed E-state index contributed by atoms with van der Waals surface area (Å²) in [7, 11) is -3.00. The smallest absolute Gasteiger partial charge is 0.227 e. The van der Waals surface area contributed by atoms with E-state index >= 15 is 0 Å². The number of aromatic nitrogens is 1. The predicted octanol–water partition coefficient (Wildman–Crippen LogP) is 2.28. The van der Waals surface area contributed by atoms with Crippen molar-refractivity contribution in [3.63, 3.8) is 0 Å². The third-order valence-corrected chi connectivity index (χ3v) is 6.94. The number of sulfone groups is 1. The Morgan fingerprint density at radius 3 is 2.50 bits per heavy atom. The van der Waals surface area contributed by atoms with E-state index < -0.39 is 9.84 Å². The SMILES string of the molecule is Cc1ccc(CC(=O)N(C2CCCCC2)C2CCS(=O)(=O)C2)cn1. The van der Waals surface area contributed by atoms with Gasteiger partial charge in [0.05, 0.1) is 17.9 Å². The van der Waals surface area contributed by atoms with Crippen molar-refractivity contribution >= 4 is 15.7 Å². The molecule has 1 atom stereocenters. The van der Waals surface area contributed by atoms with Gasteiger partial charge in [0, 0.05) is 24.0 Å². The first kappa shape index (κ1) is 17.4. The van der Waals surface area contributed by atoms with Crippen LogP contribution in [0.4, 0.5) is 0 Å². The molecule has 1 amide bonds. The fraction of sp³-hybridized carbons (Fsp3) is 0.667. The molecule has 1 aromatic heterocycles. The number of aryl methyl sites for hydroxylation is 1. The van der Waals surface area contributed by atoms with Crippen molar-refractivity contribution in [1.29, 1.82) is 0 Å². The Morgan fingerprint density at radius 1 is 1.17 bits per heavy atom. The quantitative estimate of drug-likeness (QED) is 0.835. The zero-order chi connectivity index (χ0) is 17.2. The molecule has 0 N–H and O–H groups in total. The first-order chi connectivity index (χ1) is 11.4. The monoisotopic (exact) mass is 350 g/mol. The first-order valence-electron chi connectivity index (χ1n) is 8.88. The second-order valence-electron chi connectivity index (χ2n) is 7.13. The summed E-state index contributed by atoms with van der Waals surface area (Å²) in [5.41, 5.74) is 1.82. The molecule has 1 aliphatic carbocycles. The molecule has 5 nitrogen and oxygen atoms in total. The summed E-state index contributed by atoms with van der Waals surface area (Å²) in [5, 5.41) is 0. The Bertz CT molecular complexity index is 679. The van der Waals surface area contributed by atoms with Gasteiger partial charge < -0.3 is 4.90 Å². The third-order valence-electron chi connectivity index (χ3n) is 5.19. The van der Waals surface area contributed by atoms with E-state index in [4.69, 9.17) is 0 Å². The highest BCUT2D eigenvalue weighted by atomic mass is 32.2. The van der Waals surface area contributed by atoms with Crippen LogP contribution in [0.25, 0.3) is 0 Å². The number of carbonyl (C=O) groups excluding carboxylic acids is 1. The second kappa shape index (κ2) is 7.21. The summed E-state index contributed by atoms with van der Waals surface area (Å²) >= 11 is 0. The molecule has 2 aliphatic rings. The molecule has 1 aliphatic heterocycles. The number of rotatable bonds is 4. The topological polar surface area (TPSA) is 67.3 Å². The van der Waals surface area contributed by atoms with Crippen LogP contribution in [0, 0.1) is 6.92 Å². The van der Waals surface area contributed by atoms with Gasteiger partial charge in [-0.3, -0.25) is 9.78 Å². The lowest BCUT2D eigenvalue weighted by atomic mass is 9.92. The number of hydrogen-bond acceptors (Lipinski definition) is 4. The molecule has 0 bridgehead atoms. The molecular formula is C18H26N2O3S. The molecule has 2 fully saturated rings. The van der Waals surface area contributed by atoms with Gasteiger partial charge in [-0.15, -0.1) is 0 Å². The molecule has 6 heteroatoms. The number of amides is 1. The van der Waals surface area contributed by atoms with Crippen molar-refractivity contribution in [3.05, 3.63) is 29.6 Å². The Kier molecular flexibility index (Phi) is 5.23. The van der Waals surface area contributed by atoms with Crippen molar-refractivity contribution in [3.8, 4) is 0 Å². The third kappa shape index (κ3) is 4.15. The Labute approximate surface area is 144 Å². The van der Waals surface area contributed by atoms with E-state index in [0.717, 1.165) is 36.9 Å². The summed E-state index contributed by atoms with van der Waals surface area (Å²) in [6, 6.07) is 3.89. The summed E-state index contributed by atoms with van der Waals surface area (Å²) < 4.78 is 23.8. The molecule has 0 aromatic carbocycles. The van der Waals surface area contributed by atoms with Crippen LogP contribution in [-0.2, 0) is 21.1 Å². The van der Waals surface area contributed by atoms with Gasteiger partial charge >= 0.3 is 0 Å². The average Bonchev–Trinajstić information content (AvgIpc) is 2.90. The van der Waals surface area contributed by atoms with Gasteiger partial charge in [0.1, 0.15) is 0 Å². The molecule has 1 unspecified atom stereocenters. The first-order valence-corrected chi connectivity index (χ1v) is 10.7. The fourth-order valence-corrected chi connectivity index (χ4v) is 5.64. The maximum absolute atomic E-state index is 13.0. The van der Waals surface area contributed by atoms with E-state index in [9.17, 15) is 13.2 Å². The Morgan fingerprint density at radius 2 is 1.92 bits per heavy atom. The average molecular weight is 350 g/mol. The largest absolute Gasteiger partial charge is 0.335 e. The van der Waals surface area contributed by atoms with E-state index in [0.29, 0.717) is 12.8 Å². The van der Waals surface area contributed by atoms with Crippen LogP contribution in [0.1, 0.15) is 49.8 Å². The summed E-state index contributed by atoms with van der Waals surface area (Å²) in [4.78, 5) is 19.2. The van der Waals surface area contributed by atoms with Gasteiger partial charge in [0.2, 0.25) is 5.91 Å². The molecule has 3 rings (SSSR count). The highest BCUT2D eigenvalue weighted by Gasteiger charge is 2.38. The van der Waals surface area contributed by atoms with Crippen molar-refractivity contribution in [2.75, 3.05) is 11.5 Å². The standard InChI is InChI=1S/C18H26N2O3S/c1-14-7-8-15(12-19-14)11-18(21)20(16-5-3-2-4-6-16)17-9-10-24(22,23)13-17/h7-8,12,16-17H,2-6,9-11,13H2,1H3. The van der Waals surface area contributed by atoms with Crippen LogP contribution < -0.4 is 0 Å². The molecule has 24 heavy (non-hydrogen) atoms. The maximum atomic E-state index is 13.0. The van der Waals surface area contributed by atoms with E-state index in [1.165, 1.54) is 6.42 Å². The molecule has 2 heterocycles. The molecule has 0 radical (unpaired) electrons. The van der Waals surface area contributed by atoms with E-state index in [2.05, 4.69) is 4.98 Å². The van der Waals surface area contributed by atoms with Crippen molar-refractivity contribution in [2.45, 2.75) is 64.0 Å². The molecule has 1 saturated carbocycles. The van der Waals surface area contributed by atoms with Gasteiger partial charge in [0.15, 0.2) is 9.84 Å². The van der Waals surface area contributed by atoms with Gasteiger partial charge in [-0.1, -0.05) is 25.3 Å². The lowest BCUT2D eigenvalue weighted by Gasteiger charge is -2.38. The minimum Gasteiger partial charge on any atom is -0.335 e. The minimum absolute atomic E-state index is 0.0506. The summed E-state index contributed by atoms with van der Waals surface area (Å²) in [5.74, 6) is 0.386. The minimum atomic E-state index is -3.00. The van der Waals surface area contributed by atoms with Gasteiger partial charge in [-0.05, 0) is 37.8 Å². The van der Waals surface area contributed by atoms with Crippen LogP contribution in [-0.4, -0.2) is 47.8 Å². The molecule has 132 valence electrons. The highest BCUT2D eigenvalue weighted by Crippen LogP contribution is 2.29. The van der Waals surface area contributed by atoms with Crippen LogP contribution >= 0.6 is 0 Å². The van der Waals surface area contributed by atoms with E-state index in [1.54, 1.807) is 6.20 Å². The zero-order valence-electron chi connectivity index (χ0n) is 14.3. The Balaban J connectivity index is 1.77. The second-order valence-corrected chi connectivity index (χ2v) is 9.36. The number of carbonyl (C=O) groups is 1. The molecular weight excluding hydrogens is 324 g/mol. The highest BCUT2D eigenvalue weighted by molar-refractivity contribution is 7.91. The van der Waals surface area contributed by atoms with Crippen LogP contribution in [0.2, 0.25) is 0 Å². The molecule has 0 spiro atoms.